The first-order valence-corrected chi connectivity index (χ1v) is 5.92. The molecule has 0 aliphatic heterocycles. The molecule has 0 saturated heterocycles. The van der Waals surface area contributed by atoms with Gasteiger partial charge in [0.15, 0.2) is 5.13 Å². The average molecular weight is 309 g/mol. The van der Waals surface area contributed by atoms with E-state index in [1.54, 1.807) is 6.92 Å². The van der Waals surface area contributed by atoms with E-state index in [9.17, 15) is 9.59 Å². The second-order valence-electron chi connectivity index (χ2n) is 2.56. The van der Waals surface area contributed by atoms with Gasteiger partial charge in [0, 0.05) is 6.92 Å². The number of halogens is 1. The van der Waals surface area contributed by atoms with Gasteiger partial charge in [0.2, 0.25) is 5.91 Å². The van der Waals surface area contributed by atoms with Crippen molar-refractivity contribution in [2.75, 3.05) is 11.9 Å². The standard InChI is InChI=1S/C8H9BrN2O4S/c1-3-14-8(13)15-6-5(9)16-7(11-6)10-4(2)12/h3H2,1-2H3,(H,10,11,12). The van der Waals surface area contributed by atoms with E-state index in [2.05, 4.69) is 31.0 Å². The fourth-order valence-electron chi connectivity index (χ4n) is 0.781. The lowest BCUT2D eigenvalue weighted by atomic mass is 10.7. The fourth-order valence-corrected chi connectivity index (χ4v) is 2.08. The van der Waals surface area contributed by atoms with Gasteiger partial charge in [-0.05, 0) is 22.9 Å². The molecule has 0 saturated carbocycles. The number of rotatable bonds is 3. The Morgan fingerprint density at radius 2 is 2.25 bits per heavy atom. The highest BCUT2D eigenvalue weighted by atomic mass is 79.9. The Labute approximate surface area is 104 Å². The summed E-state index contributed by atoms with van der Waals surface area (Å²) in [5.74, 6) is -0.170. The summed E-state index contributed by atoms with van der Waals surface area (Å²) in [6, 6.07) is 0. The number of nitrogens with zero attached hydrogens (tertiary/aromatic N) is 1. The smallest absolute Gasteiger partial charge is 0.434 e. The van der Waals surface area contributed by atoms with Crippen molar-refractivity contribution < 1.29 is 19.1 Å². The highest BCUT2D eigenvalue weighted by molar-refractivity contribution is 9.11. The molecule has 0 bridgehead atoms. The van der Waals surface area contributed by atoms with Gasteiger partial charge >= 0.3 is 6.16 Å². The lowest BCUT2D eigenvalue weighted by molar-refractivity contribution is -0.114. The van der Waals surface area contributed by atoms with Crippen LogP contribution in [0.4, 0.5) is 9.93 Å². The zero-order chi connectivity index (χ0) is 12.1. The minimum absolute atomic E-state index is 0.0761. The molecule has 1 N–H and O–H groups in total. The molecule has 1 amide bonds. The summed E-state index contributed by atoms with van der Waals surface area (Å²) in [6.07, 6.45) is -0.831. The van der Waals surface area contributed by atoms with E-state index in [-0.39, 0.29) is 18.4 Å². The number of aromatic nitrogens is 1. The zero-order valence-electron chi connectivity index (χ0n) is 8.57. The number of hydrogen-bond acceptors (Lipinski definition) is 6. The summed E-state index contributed by atoms with van der Waals surface area (Å²) >= 11 is 4.30. The van der Waals surface area contributed by atoms with Crippen LogP contribution in [-0.2, 0) is 9.53 Å². The van der Waals surface area contributed by atoms with E-state index in [1.807, 2.05) is 0 Å². The second kappa shape index (κ2) is 5.80. The van der Waals surface area contributed by atoms with Gasteiger partial charge in [0.25, 0.3) is 5.88 Å². The SMILES string of the molecule is CCOC(=O)Oc1nc(NC(C)=O)sc1Br. The van der Waals surface area contributed by atoms with Gasteiger partial charge in [-0.3, -0.25) is 4.79 Å². The summed E-state index contributed by atoms with van der Waals surface area (Å²) < 4.78 is 9.88. The summed E-state index contributed by atoms with van der Waals surface area (Å²) in [6.45, 7) is 3.25. The van der Waals surface area contributed by atoms with Crippen LogP contribution < -0.4 is 10.1 Å². The monoisotopic (exact) mass is 308 g/mol. The number of ether oxygens (including phenoxy) is 2. The third-order valence-electron chi connectivity index (χ3n) is 1.28. The molecule has 0 fully saturated rings. The molecular formula is C8H9BrN2O4S. The quantitative estimate of drug-likeness (QED) is 0.868. The summed E-state index contributed by atoms with van der Waals surface area (Å²) in [5, 5.41) is 2.82. The minimum Gasteiger partial charge on any atom is -0.434 e. The lowest BCUT2D eigenvalue weighted by Crippen LogP contribution is -2.11. The maximum absolute atomic E-state index is 11.0. The molecule has 6 nitrogen and oxygen atoms in total. The summed E-state index contributed by atoms with van der Waals surface area (Å²) in [5.41, 5.74) is 0. The van der Waals surface area contributed by atoms with Gasteiger partial charge in [0.05, 0.1) is 6.61 Å². The third-order valence-corrected chi connectivity index (χ3v) is 2.85. The van der Waals surface area contributed by atoms with E-state index in [0.717, 1.165) is 11.3 Å². The van der Waals surface area contributed by atoms with Crippen molar-refractivity contribution in [3.05, 3.63) is 3.79 Å². The van der Waals surface area contributed by atoms with E-state index in [4.69, 9.17) is 4.74 Å². The highest BCUT2D eigenvalue weighted by Crippen LogP contribution is 2.34. The van der Waals surface area contributed by atoms with Crippen molar-refractivity contribution in [1.82, 2.24) is 4.98 Å². The van der Waals surface area contributed by atoms with Crippen molar-refractivity contribution in [3.63, 3.8) is 0 Å². The molecule has 1 aromatic rings. The number of hydrogen-bond donors (Lipinski definition) is 1. The van der Waals surface area contributed by atoms with Crippen LogP contribution in [-0.4, -0.2) is 23.7 Å². The van der Waals surface area contributed by atoms with Crippen LogP contribution in [0, 0.1) is 0 Å². The molecule has 0 radical (unpaired) electrons. The van der Waals surface area contributed by atoms with Crippen LogP contribution in [0.15, 0.2) is 3.79 Å². The first kappa shape index (κ1) is 12.9. The lowest BCUT2D eigenvalue weighted by Gasteiger charge is -2.00. The largest absolute Gasteiger partial charge is 0.515 e. The van der Waals surface area contributed by atoms with Crippen LogP contribution in [0.1, 0.15) is 13.8 Å². The molecule has 88 valence electrons. The van der Waals surface area contributed by atoms with Gasteiger partial charge in [-0.25, -0.2) is 4.79 Å². The van der Waals surface area contributed by atoms with E-state index >= 15 is 0 Å². The number of amides is 1. The average Bonchev–Trinajstić information content (AvgIpc) is 2.45. The van der Waals surface area contributed by atoms with Gasteiger partial charge in [-0.15, -0.1) is 0 Å². The van der Waals surface area contributed by atoms with E-state index in [1.165, 1.54) is 6.92 Å². The van der Waals surface area contributed by atoms with Gasteiger partial charge in [-0.1, -0.05) is 11.3 Å². The van der Waals surface area contributed by atoms with Crippen molar-refractivity contribution in [3.8, 4) is 5.88 Å². The number of anilines is 1. The summed E-state index contributed by atoms with van der Waals surface area (Å²) in [4.78, 5) is 25.7. The van der Waals surface area contributed by atoms with E-state index < -0.39 is 6.16 Å². The molecule has 0 aliphatic carbocycles. The second-order valence-corrected chi connectivity index (χ2v) is 4.88. The van der Waals surface area contributed by atoms with Crippen LogP contribution in [0.3, 0.4) is 0 Å². The number of carbonyl (C=O) groups is 2. The predicted octanol–water partition coefficient (Wildman–Crippen LogP) is 2.40. The number of thiazole rings is 1. The molecule has 0 aromatic carbocycles. The van der Waals surface area contributed by atoms with Gasteiger partial charge in [-0.2, -0.15) is 4.98 Å². The Hall–Kier alpha value is -1.15. The molecule has 16 heavy (non-hydrogen) atoms. The maximum Gasteiger partial charge on any atom is 0.515 e. The molecule has 8 heteroatoms. The van der Waals surface area contributed by atoms with Crippen molar-refractivity contribution in [2.24, 2.45) is 0 Å². The molecule has 0 spiro atoms. The molecule has 1 rings (SSSR count). The van der Waals surface area contributed by atoms with Crippen LogP contribution >= 0.6 is 27.3 Å². The summed E-state index contributed by atoms with van der Waals surface area (Å²) in [7, 11) is 0. The topological polar surface area (TPSA) is 77.5 Å². The van der Waals surface area contributed by atoms with Crippen LogP contribution in [0.2, 0.25) is 0 Å². The maximum atomic E-state index is 11.0. The van der Waals surface area contributed by atoms with Crippen LogP contribution in [0.25, 0.3) is 0 Å². The first-order valence-electron chi connectivity index (χ1n) is 4.31. The van der Waals surface area contributed by atoms with Crippen LogP contribution in [0.5, 0.6) is 5.88 Å². The predicted molar refractivity (Wildman–Crippen MR) is 61.8 cm³/mol. The molecule has 0 atom stereocenters. The minimum atomic E-state index is -0.831. The Morgan fingerprint density at radius 1 is 1.56 bits per heavy atom. The van der Waals surface area contributed by atoms with Gasteiger partial charge in [0.1, 0.15) is 3.79 Å². The van der Waals surface area contributed by atoms with Gasteiger partial charge < -0.3 is 14.8 Å². The Balaban J connectivity index is 2.70. The number of carbonyl (C=O) groups excluding carboxylic acids is 2. The Kier molecular flexibility index (Phi) is 4.69. The van der Waals surface area contributed by atoms with Crippen molar-refractivity contribution in [1.29, 1.82) is 0 Å². The number of nitrogens with one attached hydrogen (secondary N) is 1. The molecule has 1 heterocycles. The van der Waals surface area contributed by atoms with Crippen molar-refractivity contribution >= 4 is 44.5 Å². The normalized spacial score (nSPS) is 9.69. The molecular weight excluding hydrogens is 300 g/mol. The molecule has 0 aliphatic rings. The van der Waals surface area contributed by atoms with E-state index in [0.29, 0.717) is 8.92 Å². The first-order chi connectivity index (χ1) is 7.52. The molecule has 1 aromatic heterocycles. The third kappa shape index (κ3) is 3.78. The highest BCUT2D eigenvalue weighted by Gasteiger charge is 2.15. The Bertz CT molecular complexity index is 407. The zero-order valence-corrected chi connectivity index (χ0v) is 11.0. The Morgan fingerprint density at radius 3 is 2.81 bits per heavy atom. The molecule has 0 unspecified atom stereocenters. The fraction of sp³-hybridized carbons (Fsp3) is 0.375. The van der Waals surface area contributed by atoms with Crippen molar-refractivity contribution in [2.45, 2.75) is 13.8 Å².